The van der Waals surface area contributed by atoms with Crippen molar-refractivity contribution >= 4 is 16.9 Å². The highest BCUT2D eigenvalue weighted by Gasteiger charge is 2.30. The molecule has 2 aliphatic rings. The Kier molecular flexibility index (Phi) is 4.75. The lowest BCUT2D eigenvalue weighted by molar-refractivity contribution is -0.130. The van der Waals surface area contributed by atoms with Crippen molar-refractivity contribution in [3.63, 3.8) is 0 Å². The molecule has 29 heavy (non-hydrogen) atoms. The fourth-order valence-electron chi connectivity index (χ4n) is 4.45. The lowest BCUT2D eigenvalue weighted by atomic mass is 10.1. The van der Waals surface area contributed by atoms with Gasteiger partial charge in [-0.25, -0.2) is 15.0 Å². The van der Waals surface area contributed by atoms with E-state index in [1.807, 2.05) is 35.4 Å². The van der Waals surface area contributed by atoms with Gasteiger partial charge in [0.15, 0.2) is 0 Å². The van der Waals surface area contributed by atoms with Gasteiger partial charge in [-0.05, 0) is 18.6 Å². The Morgan fingerprint density at radius 3 is 3.07 bits per heavy atom. The van der Waals surface area contributed by atoms with Crippen LogP contribution in [0.1, 0.15) is 42.2 Å². The van der Waals surface area contributed by atoms with Gasteiger partial charge in [-0.1, -0.05) is 19.1 Å². The smallest absolute Gasteiger partial charge is 0.242 e. The number of amides is 1. The standard InChI is InChI=1S/C22H26N6O/c1-2-20-25-18-5-3-4-6-19(18)28(20)14-21(29)27-10-8-15(13-27)22-24-12-16-11-23-9-7-17(16)26-22/h3-6,12,15,23H,2,7-11,13-14H2,1H3/t15-/m1/s1. The number of para-hydroxylation sites is 2. The number of nitrogens with one attached hydrogen (secondary N) is 1. The first-order valence-corrected chi connectivity index (χ1v) is 10.5. The minimum atomic E-state index is 0.146. The molecule has 1 amide bonds. The van der Waals surface area contributed by atoms with Crippen LogP contribution in [0.5, 0.6) is 0 Å². The minimum Gasteiger partial charge on any atom is -0.340 e. The Balaban J connectivity index is 1.31. The van der Waals surface area contributed by atoms with Crippen LogP contribution < -0.4 is 5.32 Å². The SMILES string of the molecule is CCc1nc2ccccc2n1CC(=O)N1CC[C@@H](c2ncc3c(n2)CCNC3)C1. The van der Waals surface area contributed by atoms with E-state index in [1.165, 1.54) is 5.56 Å². The highest BCUT2D eigenvalue weighted by Crippen LogP contribution is 2.26. The van der Waals surface area contributed by atoms with Gasteiger partial charge in [0.1, 0.15) is 18.2 Å². The fourth-order valence-corrected chi connectivity index (χ4v) is 4.45. The molecular weight excluding hydrogens is 364 g/mol. The molecule has 3 aromatic rings. The first kappa shape index (κ1) is 18.2. The predicted octanol–water partition coefficient (Wildman–Crippen LogP) is 2.05. The van der Waals surface area contributed by atoms with Gasteiger partial charge < -0.3 is 14.8 Å². The summed E-state index contributed by atoms with van der Waals surface area (Å²) in [6, 6.07) is 8.03. The molecule has 1 N–H and O–H groups in total. The van der Waals surface area contributed by atoms with Gasteiger partial charge in [0.05, 0.1) is 11.0 Å². The minimum absolute atomic E-state index is 0.146. The van der Waals surface area contributed by atoms with Crippen LogP contribution in [0.25, 0.3) is 11.0 Å². The summed E-state index contributed by atoms with van der Waals surface area (Å²) in [7, 11) is 0. The molecule has 1 fully saturated rings. The average molecular weight is 390 g/mol. The third-order valence-corrected chi connectivity index (χ3v) is 6.08. The molecule has 0 unspecified atom stereocenters. The molecule has 4 heterocycles. The van der Waals surface area contributed by atoms with Crippen LogP contribution >= 0.6 is 0 Å². The van der Waals surface area contributed by atoms with Crippen molar-refractivity contribution in [1.82, 2.24) is 29.7 Å². The van der Waals surface area contributed by atoms with E-state index in [0.29, 0.717) is 13.1 Å². The normalized spacial score (nSPS) is 18.9. The molecule has 7 heteroatoms. The number of aryl methyl sites for hydroxylation is 1. The van der Waals surface area contributed by atoms with E-state index in [9.17, 15) is 4.79 Å². The van der Waals surface area contributed by atoms with E-state index in [1.54, 1.807) is 0 Å². The molecule has 2 aliphatic heterocycles. The number of carbonyl (C=O) groups excluding carboxylic acids is 1. The second kappa shape index (κ2) is 7.55. The van der Waals surface area contributed by atoms with Crippen LogP contribution in [-0.2, 0) is 30.7 Å². The van der Waals surface area contributed by atoms with E-state index in [4.69, 9.17) is 4.98 Å². The summed E-state index contributed by atoms with van der Waals surface area (Å²) in [6.45, 7) is 5.70. The van der Waals surface area contributed by atoms with E-state index >= 15 is 0 Å². The summed E-state index contributed by atoms with van der Waals surface area (Å²) in [4.78, 5) is 29.1. The van der Waals surface area contributed by atoms with Crippen molar-refractivity contribution in [2.75, 3.05) is 19.6 Å². The molecule has 7 nitrogen and oxygen atoms in total. The highest BCUT2D eigenvalue weighted by atomic mass is 16.2. The number of hydrogen-bond donors (Lipinski definition) is 1. The average Bonchev–Trinajstić information content (AvgIpc) is 3.39. The van der Waals surface area contributed by atoms with Gasteiger partial charge in [-0.3, -0.25) is 4.79 Å². The Labute approximate surface area is 170 Å². The first-order chi connectivity index (χ1) is 14.2. The number of benzene rings is 1. The lowest BCUT2D eigenvalue weighted by Crippen LogP contribution is -2.32. The highest BCUT2D eigenvalue weighted by molar-refractivity contribution is 5.81. The zero-order valence-corrected chi connectivity index (χ0v) is 16.8. The second-order valence-corrected chi connectivity index (χ2v) is 7.91. The van der Waals surface area contributed by atoms with Crippen LogP contribution in [0, 0.1) is 0 Å². The van der Waals surface area contributed by atoms with Gasteiger partial charge >= 0.3 is 0 Å². The van der Waals surface area contributed by atoms with Crippen LogP contribution in [0.2, 0.25) is 0 Å². The molecule has 1 saturated heterocycles. The van der Waals surface area contributed by atoms with Crippen LogP contribution in [0.4, 0.5) is 0 Å². The van der Waals surface area contributed by atoms with Crippen molar-refractivity contribution in [3.8, 4) is 0 Å². The molecule has 5 rings (SSSR count). The summed E-state index contributed by atoms with van der Waals surface area (Å²) in [5, 5.41) is 3.35. The van der Waals surface area contributed by atoms with Gasteiger partial charge in [-0.2, -0.15) is 0 Å². The summed E-state index contributed by atoms with van der Waals surface area (Å²) in [5.74, 6) is 2.22. The van der Waals surface area contributed by atoms with Crippen molar-refractivity contribution in [2.24, 2.45) is 0 Å². The molecule has 0 aliphatic carbocycles. The van der Waals surface area contributed by atoms with Gasteiger partial charge in [0.25, 0.3) is 0 Å². The van der Waals surface area contributed by atoms with Crippen LogP contribution in [0.3, 0.4) is 0 Å². The Hall–Kier alpha value is -2.80. The zero-order valence-electron chi connectivity index (χ0n) is 16.8. The van der Waals surface area contributed by atoms with Gasteiger partial charge in [0.2, 0.25) is 5.91 Å². The van der Waals surface area contributed by atoms with Gasteiger partial charge in [-0.15, -0.1) is 0 Å². The number of carbonyl (C=O) groups is 1. The van der Waals surface area contributed by atoms with E-state index in [2.05, 4.69) is 26.8 Å². The zero-order chi connectivity index (χ0) is 19.8. The maximum atomic E-state index is 13.1. The lowest BCUT2D eigenvalue weighted by Gasteiger charge is -2.19. The molecule has 0 bridgehead atoms. The summed E-state index contributed by atoms with van der Waals surface area (Å²) in [6.07, 6.45) is 4.64. The number of imidazole rings is 1. The number of fused-ring (bicyclic) bond motifs is 2. The topological polar surface area (TPSA) is 75.9 Å². The molecular formula is C22H26N6O. The second-order valence-electron chi connectivity index (χ2n) is 7.91. The Morgan fingerprint density at radius 2 is 2.17 bits per heavy atom. The number of hydrogen-bond acceptors (Lipinski definition) is 5. The van der Waals surface area contributed by atoms with E-state index < -0.39 is 0 Å². The molecule has 0 radical (unpaired) electrons. The number of nitrogens with zero attached hydrogens (tertiary/aromatic N) is 5. The number of likely N-dealkylation sites (tertiary alicyclic amines) is 1. The van der Waals surface area contributed by atoms with Crippen LogP contribution in [-0.4, -0.2) is 50.0 Å². The number of rotatable bonds is 4. The largest absolute Gasteiger partial charge is 0.340 e. The van der Waals surface area contributed by atoms with Crippen molar-refractivity contribution < 1.29 is 4.79 Å². The third kappa shape index (κ3) is 3.40. The first-order valence-electron chi connectivity index (χ1n) is 10.5. The molecule has 0 saturated carbocycles. The maximum absolute atomic E-state index is 13.1. The van der Waals surface area contributed by atoms with Crippen molar-refractivity contribution in [3.05, 3.63) is 53.4 Å². The van der Waals surface area contributed by atoms with Crippen molar-refractivity contribution in [2.45, 2.75) is 45.2 Å². The van der Waals surface area contributed by atoms with Gasteiger partial charge in [0, 0.05) is 62.4 Å². The summed E-state index contributed by atoms with van der Waals surface area (Å²) >= 11 is 0. The summed E-state index contributed by atoms with van der Waals surface area (Å²) in [5.41, 5.74) is 4.34. The molecule has 0 spiro atoms. The number of aromatic nitrogens is 4. The van der Waals surface area contributed by atoms with Crippen LogP contribution in [0.15, 0.2) is 30.5 Å². The predicted molar refractivity (Wildman–Crippen MR) is 110 cm³/mol. The molecule has 150 valence electrons. The third-order valence-electron chi connectivity index (χ3n) is 6.08. The molecule has 1 atom stereocenters. The quantitative estimate of drug-likeness (QED) is 0.738. The Bertz CT molecular complexity index is 1060. The Morgan fingerprint density at radius 1 is 1.28 bits per heavy atom. The molecule has 1 aromatic carbocycles. The van der Waals surface area contributed by atoms with E-state index in [-0.39, 0.29) is 11.8 Å². The van der Waals surface area contributed by atoms with Crippen molar-refractivity contribution in [1.29, 1.82) is 0 Å². The molecule has 2 aromatic heterocycles. The van der Waals surface area contributed by atoms with E-state index in [0.717, 1.165) is 67.3 Å². The monoisotopic (exact) mass is 390 g/mol. The fraction of sp³-hybridized carbons (Fsp3) is 0.455. The summed E-state index contributed by atoms with van der Waals surface area (Å²) < 4.78 is 2.06. The maximum Gasteiger partial charge on any atom is 0.242 e.